The third-order valence-corrected chi connectivity index (χ3v) is 5.14. The maximum atomic E-state index is 12.3. The number of hydrogen-bond donors (Lipinski definition) is 2. The van der Waals surface area contributed by atoms with Crippen LogP contribution in [0.4, 0.5) is 4.79 Å². The maximum absolute atomic E-state index is 12.3. The predicted octanol–water partition coefficient (Wildman–Crippen LogP) is 1.62. The summed E-state index contributed by atoms with van der Waals surface area (Å²) in [6.07, 6.45) is 0.329. The van der Waals surface area contributed by atoms with Gasteiger partial charge in [-0.15, -0.1) is 0 Å². The Balaban J connectivity index is 2.09. The molecule has 136 valence electrons. The Hall–Kier alpha value is -1.44. The largest absolute Gasteiger partial charge is 0.479 e. The molecule has 0 aromatic heterocycles. The lowest BCUT2D eigenvalue weighted by Crippen LogP contribution is -2.61. The molecule has 2 heterocycles. The lowest BCUT2D eigenvalue weighted by molar-refractivity contribution is -0.160. The van der Waals surface area contributed by atoms with Gasteiger partial charge < -0.3 is 19.6 Å². The molecule has 2 fully saturated rings. The van der Waals surface area contributed by atoms with Gasteiger partial charge in [0.05, 0.1) is 0 Å². The van der Waals surface area contributed by atoms with E-state index in [1.807, 2.05) is 0 Å². The topological polar surface area (TPSA) is 87.2 Å². The number of ether oxygens (including phenoxy) is 1. The second-order valence-corrected chi connectivity index (χ2v) is 7.93. The van der Waals surface area contributed by atoms with Crippen LogP contribution in [0.5, 0.6) is 0 Å². The Kier molecular flexibility index (Phi) is 5.37. The Morgan fingerprint density at radius 3 is 2.33 bits per heavy atom. The van der Waals surface area contributed by atoms with Crippen molar-refractivity contribution in [1.29, 1.82) is 0 Å². The molecule has 2 amide bonds. The minimum atomic E-state index is -1.23. The van der Waals surface area contributed by atoms with Crippen LogP contribution >= 0.6 is 12.6 Å². The molecule has 2 rings (SSSR count). The van der Waals surface area contributed by atoms with Crippen LogP contribution in [0.3, 0.4) is 0 Å². The number of thiol groups is 1. The van der Waals surface area contributed by atoms with Crippen LogP contribution in [-0.4, -0.2) is 69.4 Å². The molecule has 0 aromatic carbocycles. The zero-order valence-corrected chi connectivity index (χ0v) is 15.3. The van der Waals surface area contributed by atoms with E-state index in [-0.39, 0.29) is 37.8 Å². The van der Waals surface area contributed by atoms with Crippen molar-refractivity contribution in [3.8, 4) is 0 Å². The highest BCUT2D eigenvalue weighted by molar-refractivity contribution is 7.80. The van der Waals surface area contributed by atoms with Crippen LogP contribution in [0, 0.1) is 5.92 Å². The first-order valence-corrected chi connectivity index (χ1v) is 8.85. The zero-order valence-electron chi connectivity index (χ0n) is 14.4. The number of carboxylic acids is 1. The summed E-state index contributed by atoms with van der Waals surface area (Å²) in [6.45, 7) is 6.30. The summed E-state index contributed by atoms with van der Waals surface area (Å²) in [5.41, 5.74) is -1.82. The molecule has 7 nitrogen and oxygen atoms in total. The van der Waals surface area contributed by atoms with Gasteiger partial charge in [0, 0.05) is 26.1 Å². The highest BCUT2D eigenvalue weighted by Crippen LogP contribution is 2.35. The number of carbonyl (C=O) groups excluding carboxylic acids is 2. The van der Waals surface area contributed by atoms with E-state index in [0.717, 1.165) is 0 Å². The zero-order chi connectivity index (χ0) is 18.1. The highest BCUT2D eigenvalue weighted by atomic mass is 32.1. The molecule has 0 aromatic rings. The molecule has 2 aliphatic heterocycles. The van der Waals surface area contributed by atoms with Crippen molar-refractivity contribution < 1.29 is 24.2 Å². The van der Waals surface area contributed by atoms with Gasteiger partial charge in [-0.3, -0.25) is 4.79 Å². The van der Waals surface area contributed by atoms with Gasteiger partial charge in [0.15, 0.2) is 0 Å². The van der Waals surface area contributed by atoms with E-state index in [2.05, 4.69) is 12.6 Å². The molecule has 0 spiro atoms. The molecule has 0 bridgehead atoms. The summed E-state index contributed by atoms with van der Waals surface area (Å²) in [5.74, 6) is -0.496. The fourth-order valence-corrected chi connectivity index (χ4v) is 3.55. The van der Waals surface area contributed by atoms with Crippen molar-refractivity contribution in [2.45, 2.75) is 51.2 Å². The third-order valence-electron chi connectivity index (χ3n) is 4.62. The van der Waals surface area contributed by atoms with E-state index >= 15 is 0 Å². The number of hydrogen-bond acceptors (Lipinski definition) is 5. The quantitative estimate of drug-likeness (QED) is 0.749. The number of carboxylic acid groups (broad SMARTS) is 1. The molecular formula is C16H26N2O5S. The minimum Gasteiger partial charge on any atom is -0.479 e. The van der Waals surface area contributed by atoms with Gasteiger partial charge in [0.25, 0.3) is 0 Å². The van der Waals surface area contributed by atoms with Crippen molar-refractivity contribution in [1.82, 2.24) is 9.80 Å². The number of amides is 2. The third kappa shape index (κ3) is 3.79. The van der Waals surface area contributed by atoms with Crippen LogP contribution < -0.4 is 0 Å². The van der Waals surface area contributed by atoms with Crippen LogP contribution in [-0.2, 0) is 14.3 Å². The summed E-state index contributed by atoms with van der Waals surface area (Å²) < 4.78 is 5.34. The van der Waals surface area contributed by atoms with Gasteiger partial charge in [0.2, 0.25) is 5.91 Å². The van der Waals surface area contributed by atoms with E-state index in [4.69, 9.17) is 4.74 Å². The van der Waals surface area contributed by atoms with Crippen molar-refractivity contribution in [3.63, 3.8) is 0 Å². The number of aliphatic carboxylic acids is 1. The van der Waals surface area contributed by atoms with E-state index in [9.17, 15) is 19.5 Å². The van der Waals surface area contributed by atoms with E-state index < -0.39 is 23.2 Å². The Labute approximate surface area is 147 Å². The van der Waals surface area contributed by atoms with E-state index in [1.165, 1.54) is 9.80 Å². The SMILES string of the molecule is CC(C)(C)OC(=O)N1CCC(C(=O)O)(N2CC(CS)CC2=O)CC1. The van der Waals surface area contributed by atoms with Crippen molar-refractivity contribution in [2.24, 2.45) is 5.92 Å². The van der Waals surface area contributed by atoms with E-state index in [0.29, 0.717) is 18.7 Å². The molecule has 0 saturated carbocycles. The first kappa shape index (κ1) is 18.9. The molecule has 2 saturated heterocycles. The van der Waals surface area contributed by atoms with Gasteiger partial charge in [-0.05, 0) is 45.3 Å². The molecule has 8 heteroatoms. The van der Waals surface area contributed by atoms with Crippen LogP contribution in [0.25, 0.3) is 0 Å². The lowest BCUT2D eigenvalue weighted by atomic mass is 9.85. The monoisotopic (exact) mass is 358 g/mol. The second-order valence-electron chi connectivity index (χ2n) is 7.56. The fraction of sp³-hybridized carbons (Fsp3) is 0.812. The average molecular weight is 358 g/mol. The fourth-order valence-electron chi connectivity index (χ4n) is 3.30. The van der Waals surface area contributed by atoms with Gasteiger partial charge in [-0.2, -0.15) is 12.6 Å². The first-order valence-electron chi connectivity index (χ1n) is 8.22. The van der Waals surface area contributed by atoms with Gasteiger partial charge in [-0.1, -0.05) is 0 Å². The second kappa shape index (κ2) is 6.82. The van der Waals surface area contributed by atoms with Crippen LogP contribution in [0.15, 0.2) is 0 Å². The molecular weight excluding hydrogens is 332 g/mol. The number of piperidine rings is 1. The summed E-state index contributed by atoms with van der Waals surface area (Å²) >= 11 is 4.22. The first-order chi connectivity index (χ1) is 11.1. The maximum Gasteiger partial charge on any atom is 0.410 e. The molecule has 1 unspecified atom stereocenters. The number of likely N-dealkylation sites (tertiary alicyclic amines) is 2. The molecule has 1 N–H and O–H groups in total. The standard InChI is InChI=1S/C16H26N2O5S/c1-15(2,3)23-14(22)17-6-4-16(5-7-17,13(20)21)18-9-11(10-24)8-12(18)19/h11,24H,4-10H2,1-3H3,(H,20,21). The Morgan fingerprint density at radius 1 is 1.33 bits per heavy atom. The predicted molar refractivity (Wildman–Crippen MR) is 91.1 cm³/mol. The smallest absolute Gasteiger partial charge is 0.410 e. The van der Waals surface area contributed by atoms with Gasteiger partial charge in [0.1, 0.15) is 11.1 Å². The van der Waals surface area contributed by atoms with Crippen molar-refractivity contribution in [2.75, 3.05) is 25.4 Å². The van der Waals surface area contributed by atoms with Crippen molar-refractivity contribution >= 4 is 30.6 Å². The van der Waals surface area contributed by atoms with Gasteiger partial charge >= 0.3 is 12.1 Å². The molecule has 1 atom stereocenters. The Bertz CT molecular complexity index is 523. The highest BCUT2D eigenvalue weighted by Gasteiger charge is 2.52. The number of nitrogens with zero attached hydrogens (tertiary/aromatic N) is 2. The number of carbonyl (C=O) groups is 3. The van der Waals surface area contributed by atoms with E-state index in [1.54, 1.807) is 20.8 Å². The molecule has 2 aliphatic rings. The minimum absolute atomic E-state index is 0.0842. The normalized spacial score (nSPS) is 24.2. The summed E-state index contributed by atoms with van der Waals surface area (Å²) in [7, 11) is 0. The summed E-state index contributed by atoms with van der Waals surface area (Å²) in [5, 5.41) is 9.79. The number of rotatable bonds is 3. The molecule has 24 heavy (non-hydrogen) atoms. The lowest BCUT2D eigenvalue weighted by Gasteiger charge is -2.44. The summed E-state index contributed by atoms with van der Waals surface area (Å²) in [6, 6.07) is 0. The summed E-state index contributed by atoms with van der Waals surface area (Å²) in [4.78, 5) is 39.4. The van der Waals surface area contributed by atoms with Crippen LogP contribution in [0.2, 0.25) is 0 Å². The molecule has 0 aliphatic carbocycles. The van der Waals surface area contributed by atoms with Crippen molar-refractivity contribution in [3.05, 3.63) is 0 Å². The Morgan fingerprint density at radius 2 is 1.92 bits per heavy atom. The van der Waals surface area contributed by atoms with Crippen LogP contribution in [0.1, 0.15) is 40.0 Å². The average Bonchev–Trinajstić information content (AvgIpc) is 2.87. The molecule has 0 radical (unpaired) electrons. The van der Waals surface area contributed by atoms with Gasteiger partial charge in [-0.25, -0.2) is 9.59 Å².